The average molecular weight is 440 g/mol. The first-order chi connectivity index (χ1) is 13.3. The number of nitrogens with one attached hydrogen (secondary N) is 1. The van der Waals surface area contributed by atoms with E-state index in [0.29, 0.717) is 24.8 Å². The number of rotatable bonds is 8. The van der Waals surface area contributed by atoms with Gasteiger partial charge in [-0.05, 0) is 44.6 Å². The van der Waals surface area contributed by atoms with Crippen molar-refractivity contribution in [3.63, 3.8) is 0 Å². The number of hydrogen-bond donors (Lipinski definition) is 1. The van der Waals surface area contributed by atoms with Gasteiger partial charge in [-0.3, -0.25) is 4.79 Å². The van der Waals surface area contributed by atoms with Crippen molar-refractivity contribution in [1.82, 2.24) is 15.2 Å². The van der Waals surface area contributed by atoms with Crippen LogP contribution in [0.4, 0.5) is 0 Å². The fourth-order valence-corrected chi connectivity index (χ4v) is 3.70. The molecule has 2 fully saturated rings. The van der Waals surface area contributed by atoms with E-state index < -0.39 is 0 Å². The van der Waals surface area contributed by atoms with Gasteiger partial charge >= 0.3 is 0 Å². The molecule has 1 saturated heterocycles. The minimum absolute atomic E-state index is 0. The van der Waals surface area contributed by atoms with Gasteiger partial charge in [-0.25, -0.2) is 4.98 Å². The van der Waals surface area contributed by atoms with Crippen molar-refractivity contribution in [1.29, 1.82) is 0 Å². The molecule has 0 radical (unpaired) electrons. The van der Waals surface area contributed by atoms with Gasteiger partial charge in [-0.2, -0.15) is 0 Å². The Bertz CT molecular complexity index is 742. The quantitative estimate of drug-likeness (QED) is 0.657. The number of hydrogen-bond acceptors (Lipinski definition) is 4. The summed E-state index contributed by atoms with van der Waals surface area (Å²) in [7, 11) is 0. The van der Waals surface area contributed by atoms with Gasteiger partial charge in [0.25, 0.3) is 0 Å². The minimum atomic E-state index is 0. The summed E-state index contributed by atoms with van der Waals surface area (Å²) in [5.41, 5.74) is 1.03. The zero-order valence-electron chi connectivity index (χ0n) is 16.7. The van der Waals surface area contributed by atoms with Crippen molar-refractivity contribution >= 4 is 30.7 Å². The predicted molar refractivity (Wildman–Crippen MR) is 120 cm³/mol. The van der Waals surface area contributed by atoms with E-state index in [1.54, 1.807) is 6.20 Å². The van der Waals surface area contributed by atoms with Gasteiger partial charge in [-0.1, -0.05) is 30.3 Å². The summed E-state index contributed by atoms with van der Waals surface area (Å²) in [5, 5.41) is 3.66. The molecule has 1 amide bonds. The number of aryl methyl sites for hydroxylation is 1. The third-order valence-corrected chi connectivity index (χ3v) is 5.63. The average Bonchev–Trinajstić information content (AvgIpc) is 3.43. The SMILES string of the molecule is Cl.Cl.O=C(CCCc1ncc(-c2ccccc2)o1)N1CCC(NCC2CC2)CC1. The Morgan fingerprint density at radius 1 is 1.10 bits per heavy atom. The van der Waals surface area contributed by atoms with Crippen LogP contribution in [0.5, 0.6) is 0 Å². The maximum atomic E-state index is 12.5. The number of carbonyl (C=O) groups is 1. The molecular formula is C22H31Cl2N3O2. The van der Waals surface area contributed by atoms with Crippen LogP contribution in [-0.4, -0.2) is 41.5 Å². The van der Waals surface area contributed by atoms with Crippen molar-refractivity contribution in [2.45, 2.75) is 51.0 Å². The van der Waals surface area contributed by atoms with Crippen molar-refractivity contribution in [3.05, 3.63) is 42.4 Å². The normalized spacial score (nSPS) is 16.8. The highest BCUT2D eigenvalue weighted by Gasteiger charge is 2.25. The van der Waals surface area contributed by atoms with E-state index in [-0.39, 0.29) is 30.7 Å². The summed E-state index contributed by atoms with van der Waals surface area (Å²) in [6, 6.07) is 10.6. The van der Waals surface area contributed by atoms with E-state index in [4.69, 9.17) is 4.42 Å². The second-order valence-corrected chi connectivity index (χ2v) is 7.84. The first-order valence-electron chi connectivity index (χ1n) is 10.3. The summed E-state index contributed by atoms with van der Waals surface area (Å²) in [4.78, 5) is 18.8. The Balaban J connectivity index is 0.00000150. The van der Waals surface area contributed by atoms with Gasteiger partial charge in [0.05, 0.1) is 6.20 Å². The minimum Gasteiger partial charge on any atom is -0.441 e. The number of oxazole rings is 1. The number of carbonyl (C=O) groups excluding carboxylic acids is 1. The molecule has 1 aliphatic carbocycles. The topological polar surface area (TPSA) is 58.4 Å². The highest BCUT2D eigenvalue weighted by atomic mass is 35.5. The molecule has 0 spiro atoms. The Morgan fingerprint density at radius 3 is 2.52 bits per heavy atom. The van der Waals surface area contributed by atoms with Gasteiger partial charge in [0, 0.05) is 37.5 Å². The summed E-state index contributed by atoms with van der Waals surface area (Å²) in [6.07, 6.45) is 8.78. The lowest BCUT2D eigenvalue weighted by Gasteiger charge is -2.32. The van der Waals surface area contributed by atoms with Crippen molar-refractivity contribution in [3.8, 4) is 11.3 Å². The van der Waals surface area contributed by atoms with Gasteiger partial charge in [0.1, 0.15) is 0 Å². The standard InChI is InChI=1S/C22H29N3O2.2ClH/c26-22(25-13-11-19(12-14-25)23-15-17-9-10-17)8-4-7-21-24-16-20(27-21)18-5-2-1-3-6-18;;/h1-3,5-6,16-17,19,23H,4,7-15H2;2*1H. The zero-order chi connectivity index (χ0) is 18.5. The lowest BCUT2D eigenvalue weighted by Crippen LogP contribution is -2.45. The summed E-state index contributed by atoms with van der Waals surface area (Å²) in [5.74, 6) is 2.69. The molecule has 1 aromatic carbocycles. The molecule has 160 valence electrons. The number of aromatic nitrogens is 1. The van der Waals surface area contributed by atoms with Crippen LogP contribution in [0, 0.1) is 5.92 Å². The maximum Gasteiger partial charge on any atom is 0.222 e. The molecule has 0 bridgehead atoms. The summed E-state index contributed by atoms with van der Waals surface area (Å²) < 4.78 is 5.82. The fourth-order valence-electron chi connectivity index (χ4n) is 3.70. The van der Waals surface area contributed by atoms with E-state index in [1.165, 1.54) is 19.4 Å². The molecule has 1 aliphatic heterocycles. The van der Waals surface area contributed by atoms with Crippen LogP contribution in [0.2, 0.25) is 0 Å². The van der Waals surface area contributed by atoms with E-state index in [0.717, 1.165) is 49.6 Å². The Kier molecular flexibility index (Phi) is 9.47. The number of piperidine rings is 1. The monoisotopic (exact) mass is 439 g/mol. The zero-order valence-corrected chi connectivity index (χ0v) is 18.4. The van der Waals surface area contributed by atoms with E-state index in [9.17, 15) is 4.79 Å². The summed E-state index contributed by atoms with van der Waals surface area (Å²) in [6.45, 7) is 2.94. The molecule has 5 nitrogen and oxygen atoms in total. The number of amides is 1. The Morgan fingerprint density at radius 2 is 1.83 bits per heavy atom. The number of nitrogens with zero attached hydrogens (tertiary/aromatic N) is 2. The highest BCUT2D eigenvalue weighted by molar-refractivity contribution is 5.85. The third kappa shape index (κ3) is 7.02. The summed E-state index contributed by atoms with van der Waals surface area (Å²) >= 11 is 0. The van der Waals surface area contributed by atoms with Crippen molar-refractivity contribution < 1.29 is 9.21 Å². The van der Waals surface area contributed by atoms with Gasteiger partial charge in [-0.15, -0.1) is 24.8 Å². The first-order valence-corrected chi connectivity index (χ1v) is 10.3. The molecule has 29 heavy (non-hydrogen) atoms. The molecule has 0 atom stereocenters. The molecule has 4 rings (SSSR count). The molecule has 2 aromatic rings. The molecule has 1 N–H and O–H groups in total. The molecule has 0 unspecified atom stereocenters. The van der Waals surface area contributed by atoms with Gasteiger partial charge in [0.2, 0.25) is 5.91 Å². The Labute approximate surface area is 185 Å². The van der Waals surface area contributed by atoms with Crippen LogP contribution in [0.3, 0.4) is 0 Å². The van der Waals surface area contributed by atoms with Crippen LogP contribution in [0.1, 0.15) is 44.4 Å². The largest absolute Gasteiger partial charge is 0.441 e. The molecular weight excluding hydrogens is 409 g/mol. The van der Waals surface area contributed by atoms with Crippen LogP contribution < -0.4 is 5.32 Å². The first kappa shape index (κ1) is 23.7. The van der Waals surface area contributed by atoms with Gasteiger partial charge < -0.3 is 14.6 Å². The Hall–Kier alpha value is -1.56. The van der Waals surface area contributed by atoms with E-state index >= 15 is 0 Å². The van der Waals surface area contributed by atoms with Crippen LogP contribution >= 0.6 is 24.8 Å². The lowest BCUT2D eigenvalue weighted by molar-refractivity contribution is -0.132. The third-order valence-electron chi connectivity index (χ3n) is 5.63. The highest BCUT2D eigenvalue weighted by Crippen LogP contribution is 2.28. The predicted octanol–water partition coefficient (Wildman–Crippen LogP) is 4.50. The van der Waals surface area contributed by atoms with Crippen molar-refractivity contribution in [2.24, 2.45) is 5.92 Å². The molecule has 7 heteroatoms. The molecule has 1 saturated carbocycles. The number of likely N-dealkylation sites (tertiary alicyclic amines) is 1. The number of benzene rings is 1. The second-order valence-electron chi connectivity index (χ2n) is 7.84. The van der Waals surface area contributed by atoms with Gasteiger partial charge in [0.15, 0.2) is 11.7 Å². The van der Waals surface area contributed by atoms with Crippen LogP contribution in [0.25, 0.3) is 11.3 Å². The maximum absolute atomic E-state index is 12.5. The van der Waals surface area contributed by atoms with Crippen LogP contribution in [-0.2, 0) is 11.2 Å². The second kappa shape index (κ2) is 11.6. The fraction of sp³-hybridized carbons (Fsp3) is 0.545. The molecule has 2 aliphatic rings. The lowest BCUT2D eigenvalue weighted by atomic mass is 10.0. The van der Waals surface area contributed by atoms with Crippen LogP contribution in [0.15, 0.2) is 40.9 Å². The van der Waals surface area contributed by atoms with E-state index in [2.05, 4.69) is 10.3 Å². The number of halogens is 2. The smallest absolute Gasteiger partial charge is 0.222 e. The molecule has 1 aromatic heterocycles. The molecule has 2 heterocycles. The van der Waals surface area contributed by atoms with E-state index in [1.807, 2.05) is 35.2 Å². The van der Waals surface area contributed by atoms with Crippen molar-refractivity contribution in [2.75, 3.05) is 19.6 Å².